The van der Waals surface area contributed by atoms with Gasteiger partial charge in [-0.1, -0.05) is 47.9 Å². The van der Waals surface area contributed by atoms with Crippen LogP contribution in [0, 0.1) is 11.3 Å². The lowest BCUT2D eigenvalue weighted by atomic mass is 9.64. The molecule has 162 valence electrons. The van der Waals surface area contributed by atoms with E-state index in [-0.39, 0.29) is 11.5 Å². The molecule has 0 bridgehead atoms. The lowest BCUT2D eigenvalue weighted by Crippen LogP contribution is -2.29. The summed E-state index contributed by atoms with van der Waals surface area (Å²) in [6, 6.07) is 0. The minimum atomic E-state index is -0.620. The normalized spacial score (nSPS) is 36.9. The van der Waals surface area contributed by atoms with Gasteiger partial charge in [-0.15, -0.1) is 0 Å². The van der Waals surface area contributed by atoms with E-state index in [1.165, 1.54) is 25.7 Å². The maximum absolute atomic E-state index is 10.1. The first-order chi connectivity index (χ1) is 13.7. The smallest absolute Gasteiger partial charge is 0.0809 e. The Labute approximate surface area is 176 Å². The largest absolute Gasteiger partial charge is 0.393 e. The molecule has 5 atom stereocenters. The van der Waals surface area contributed by atoms with Gasteiger partial charge in [-0.25, -0.2) is 0 Å². The number of aliphatic hydroxyl groups excluding tert-OH is 3. The van der Waals surface area contributed by atoms with E-state index < -0.39 is 12.2 Å². The van der Waals surface area contributed by atoms with Crippen LogP contribution in [0.25, 0.3) is 0 Å². The lowest BCUT2D eigenvalue weighted by Gasteiger charge is -2.40. The van der Waals surface area contributed by atoms with Crippen molar-refractivity contribution in [1.82, 2.24) is 0 Å². The number of rotatable bonds is 5. The molecule has 0 aromatic rings. The number of hydrogen-bond acceptors (Lipinski definition) is 3. The standard InChI is InChI=1S/C26H40O3/c1-17(7-5-8-18(2)27)22-12-13-23-21(9-6-14-26(22,23)4)11-10-20-15-24(28)19(3)25(29)16-20/h10-11,18,23-25,27-29H,3,5-9,12-16H2,1-2,4H3/b21-11+,22-17-/t18?,23?,24-,25-,26-/m1/s1. The van der Waals surface area contributed by atoms with Crippen LogP contribution < -0.4 is 0 Å². The van der Waals surface area contributed by atoms with Crippen LogP contribution in [0.3, 0.4) is 0 Å². The molecular weight excluding hydrogens is 360 g/mol. The summed E-state index contributed by atoms with van der Waals surface area (Å²) in [5.74, 6) is 0.614. The number of aliphatic hydroxyl groups is 3. The van der Waals surface area contributed by atoms with Gasteiger partial charge in [0.1, 0.15) is 0 Å². The Morgan fingerprint density at radius 1 is 1.21 bits per heavy atom. The Morgan fingerprint density at radius 2 is 1.90 bits per heavy atom. The molecule has 3 fully saturated rings. The number of hydrogen-bond donors (Lipinski definition) is 3. The zero-order chi connectivity index (χ0) is 21.2. The van der Waals surface area contributed by atoms with E-state index in [2.05, 4.69) is 32.6 Å². The molecule has 2 unspecified atom stereocenters. The zero-order valence-electron chi connectivity index (χ0n) is 18.6. The van der Waals surface area contributed by atoms with Gasteiger partial charge in [-0.3, -0.25) is 0 Å². The minimum Gasteiger partial charge on any atom is -0.393 e. The van der Waals surface area contributed by atoms with Crippen LogP contribution in [0.4, 0.5) is 0 Å². The van der Waals surface area contributed by atoms with Crippen molar-refractivity contribution in [3.63, 3.8) is 0 Å². The summed E-state index contributed by atoms with van der Waals surface area (Å²) in [6.45, 7) is 10.5. The van der Waals surface area contributed by atoms with E-state index in [9.17, 15) is 15.3 Å². The minimum absolute atomic E-state index is 0.203. The highest BCUT2D eigenvalue weighted by atomic mass is 16.3. The molecule has 0 radical (unpaired) electrons. The van der Waals surface area contributed by atoms with Crippen LogP contribution in [0.5, 0.6) is 0 Å². The molecule has 0 saturated heterocycles. The van der Waals surface area contributed by atoms with Gasteiger partial charge in [0.25, 0.3) is 0 Å². The van der Waals surface area contributed by atoms with Gasteiger partial charge < -0.3 is 15.3 Å². The van der Waals surface area contributed by atoms with Gasteiger partial charge >= 0.3 is 0 Å². The van der Waals surface area contributed by atoms with Crippen molar-refractivity contribution in [3.05, 3.63) is 46.6 Å². The lowest BCUT2D eigenvalue weighted by molar-refractivity contribution is 0.123. The van der Waals surface area contributed by atoms with Gasteiger partial charge in [0.2, 0.25) is 0 Å². The van der Waals surface area contributed by atoms with E-state index in [0.717, 1.165) is 31.3 Å². The molecule has 0 aliphatic heterocycles. The predicted octanol–water partition coefficient (Wildman–Crippen LogP) is 5.38. The molecule has 0 aromatic heterocycles. The number of fused-ring (bicyclic) bond motifs is 1. The summed E-state index contributed by atoms with van der Waals surface area (Å²) in [6.07, 6.45) is 13.4. The van der Waals surface area contributed by atoms with Crippen LogP contribution in [0.1, 0.15) is 85.0 Å². The number of allylic oxidation sites excluding steroid dienone is 5. The maximum atomic E-state index is 10.1. The van der Waals surface area contributed by atoms with Crippen LogP contribution >= 0.6 is 0 Å². The average molecular weight is 401 g/mol. The Morgan fingerprint density at radius 3 is 2.55 bits per heavy atom. The Kier molecular flexibility index (Phi) is 7.24. The molecule has 3 nitrogen and oxygen atoms in total. The molecule has 0 spiro atoms. The van der Waals surface area contributed by atoms with Gasteiger partial charge in [-0.2, -0.15) is 0 Å². The third-order valence-electron chi connectivity index (χ3n) is 7.74. The second-order valence-corrected chi connectivity index (χ2v) is 9.94. The fraction of sp³-hybridized carbons (Fsp3) is 0.692. The van der Waals surface area contributed by atoms with Gasteiger partial charge in [0.15, 0.2) is 0 Å². The van der Waals surface area contributed by atoms with E-state index in [1.807, 2.05) is 6.92 Å². The molecular formula is C26H40O3. The Hall–Kier alpha value is -1.16. The SMILES string of the molecule is C=C1[C@H](O)CC(=C/C=C2\CCC[C@]3(C)/C(=C(/C)CCCC(C)O)CCC23)C[C@H]1O. The maximum Gasteiger partial charge on any atom is 0.0809 e. The van der Waals surface area contributed by atoms with E-state index in [4.69, 9.17) is 0 Å². The molecule has 0 heterocycles. The quantitative estimate of drug-likeness (QED) is 0.543. The molecule has 3 N–H and O–H groups in total. The summed E-state index contributed by atoms with van der Waals surface area (Å²) in [5.41, 5.74) is 6.72. The second-order valence-electron chi connectivity index (χ2n) is 9.94. The molecule has 3 aliphatic carbocycles. The summed E-state index contributed by atoms with van der Waals surface area (Å²) in [7, 11) is 0. The van der Waals surface area contributed by atoms with Crippen molar-refractivity contribution in [2.24, 2.45) is 11.3 Å². The highest BCUT2D eigenvalue weighted by Crippen LogP contribution is 2.58. The van der Waals surface area contributed by atoms with Crippen LogP contribution in [0.2, 0.25) is 0 Å². The third-order valence-corrected chi connectivity index (χ3v) is 7.74. The second kappa shape index (κ2) is 9.32. The fourth-order valence-electron chi connectivity index (χ4n) is 6.00. The van der Waals surface area contributed by atoms with Crippen molar-refractivity contribution >= 4 is 0 Å². The summed E-state index contributed by atoms with van der Waals surface area (Å²) < 4.78 is 0. The molecule has 0 amide bonds. The monoisotopic (exact) mass is 400 g/mol. The first-order valence-electron chi connectivity index (χ1n) is 11.5. The summed E-state index contributed by atoms with van der Waals surface area (Å²) >= 11 is 0. The molecule has 3 rings (SSSR count). The topological polar surface area (TPSA) is 60.7 Å². The first-order valence-corrected chi connectivity index (χ1v) is 11.5. The molecule has 3 saturated carbocycles. The van der Waals surface area contributed by atoms with Crippen LogP contribution in [-0.2, 0) is 0 Å². The molecule has 3 aliphatic rings. The van der Waals surface area contributed by atoms with Gasteiger partial charge in [0, 0.05) is 0 Å². The predicted molar refractivity (Wildman–Crippen MR) is 119 cm³/mol. The average Bonchev–Trinajstić information content (AvgIpc) is 3.01. The summed E-state index contributed by atoms with van der Waals surface area (Å²) in [5, 5.41) is 29.8. The van der Waals surface area contributed by atoms with Crippen molar-refractivity contribution in [3.8, 4) is 0 Å². The third kappa shape index (κ3) is 4.95. The van der Waals surface area contributed by atoms with E-state index in [0.29, 0.717) is 24.3 Å². The Bertz CT molecular complexity index is 695. The van der Waals surface area contributed by atoms with E-state index >= 15 is 0 Å². The molecule has 3 heteroatoms. The van der Waals surface area contributed by atoms with Crippen LogP contribution in [-0.4, -0.2) is 33.6 Å². The summed E-state index contributed by atoms with van der Waals surface area (Å²) in [4.78, 5) is 0. The van der Waals surface area contributed by atoms with Crippen LogP contribution in [0.15, 0.2) is 46.6 Å². The molecule has 0 aromatic carbocycles. The van der Waals surface area contributed by atoms with Crippen molar-refractivity contribution in [2.75, 3.05) is 0 Å². The zero-order valence-corrected chi connectivity index (χ0v) is 18.6. The van der Waals surface area contributed by atoms with Gasteiger partial charge in [0.05, 0.1) is 18.3 Å². The first kappa shape index (κ1) is 22.5. The van der Waals surface area contributed by atoms with E-state index in [1.54, 1.807) is 16.7 Å². The van der Waals surface area contributed by atoms with Crippen molar-refractivity contribution in [2.45, 2.75) is 103 Å². The van der Waals surface area contributed by atoms with Crippen molar-refractivity contribution in [1.29, 1.82) is 0 Å². The van der Waals surface area contributed by atoms with Gasteiger partial charge in [-0.05, 0) is 95.0 Å². The highest BCUT2D eigenvalue weighted by Gasteiger charge is 2.46. The fourth-order valence-corrected chi connectivity index (χ4v) is 6.00. The highest BCUT2D eigenvalue weighted by molar-refractivity contribution is 5.35. The van der Waals surface area contributed by atoms with Crippen molar-refractivity contribution < 1.29 is 15.3 Å². The Balaban J connectivity index is 1.75. The molecule has 29 heavy (non-hydrogen) atoms.